The molecular weight excluding hydrogens is 512 g/mol. The number of aromatic nitrogens is 3. The largest absolute Gasteiger partial charge is 0.450 e. The highest BCUT2D eigenvalue weighted by atomic mass is 16.6. The molecular formula is C33H38N6O2. The molecule has 0 radical (unpaired) electrons. The molecule has 1 amide bonds. The lowest BCUT2D eigenvalue weighted by Gasteiger charge is -2.41. The van der Waals surface area contributed by atoms with E-state index in [-0.39, 0.29) is 18.2 Å². The van der Waals surface area contributed by atoms with E-state index >= 15 is 0 Å². The van der Waals surface area contributed by atoms with Crippen LogP contribution in [-0.4, -0.2) is 63.0 Å². The molecule has 5 heterocycles. The molecule has 212 valence electrons. The molecule has 0 saturated carbocycles. The van der Waals surface area contributed by atoms with Gasteiger partial charge in [-0.1, -0.05) is 17.7 Å². The number of aromatic amines is 1. The van der Waals surface area contributed by atoms with Gasteiger partial charge >= 0.3 is 6.09 Å². The summed E-state index contributed by atoms with van der Waals surface area (Å²) in [4.78, 5) is 26.3. The number of amides is 1. The van der Waals surface area contributed by atoms with Crippen LogP contribution in [0.15, 0.2) is 71.0 Å². The summed E-state index contributed by atoms with van der Waals surface area (Å²) < 4.78 is 5.41. The molecule has 0 spiro atoms. The summed E-state index contributed by atoms with van der Waals surface area (Å²) in [5.74, 6) is 1.23. The van der Waals surface area contributed by atoms with Gasteiger partial charge in [-0.2, -0.15) is 5.10 Å². The standard InChI is InChI=1S/C33H38N6O2/c1-6-41-33(40)39-24-8-9-25(39)18-23(17-24)28-13-16-35-32(38(28)5)30(29(20(2)3)22-11-14-34-15-12-22)26-10-7-21(4)31-27(26)19-36-37-31/h7,10-16,19,23-25H,6,8-9,17-18H2,1-5H3,(H,36,37)/b32-30-. The van der Waals surface area contributed by atoms with E-state index in [1.165, 1.54) is 11.3 Å². The zero-order chi connectivity index (χ0) is 28.7. The predicted octanol–water partition coefficient (Wildman–Crippen LogP) is 6.73. The lowest BCUT2D eigenvalue weighted by atomic mass is 9.85. The van der Waals surface area contributed by atoms with Crippen molar-refractivity contribution in [2.45, 2.75) is 65.5 Å². The van der Waals surface area contributed by atoms with Crippen molar-refractivity contribution in [1.82, 2.24) is 25.0 Å². The van der Waals surface area contributed by atoms with Crippen molar-refractivity contribution in [3.05, 3.63) is 82.7 Å². The van der Waals surface area contributed by atoms with Crippen LogP contribution in [0.25, 0.3) is 22.0 Å². The van der Waals surface area contributed by atoms with Crippen LogP contribution in [0.3, 0.4) is 0 Å². The van der Waals surface area contributed by atoms with Crippen LogP contribution in [0.2, 0.25) is 0 Å². The minimum Gasteiger partial charge on any atom is -0.450 e. The van der Waals surface area contributed by atoms with Crippen LogP contribution in [0.1, 0.15) is 63.1 Å². The van der Waals surface area contributed by atoms with Crippen LogP contribution < -0.4 is 0 Å². The van der Waals surface area contributed by atoms with Crippen LogP contribution in [0.5, 0.6) is 0 Å². The van der Waals surface area contributed by atoms with E-state index in [9.17, 15) is 4.79 Å². The summed E-state index contributed by atoms with van der Waals surface area (Å²) >= 11 is 0. The van der Waals surface area contributed by atoms with Crippen molar-refractivity contribution < 1.29 is 9.53 Å². The molecule has 0 aliphatic carbocycles. The number of allylic oxidation sites excluding steroid dienone is 5. The molecule has 1 aromatic carbocycles. The first kappa shape index (κ1) is 27.0. The number of hydrogen-bond donors (Lipinski definition) is 1. The molecule has 2 unspecified atom stereocenters. The summed E-state index contributed by atoms with van der Waals surface area (Å²) in [5, 5.41) is 8.68. The molecule has 3 aliphatic rings. The maximum Gasteiger partial charge on any atom is 0.410 e. The zero-order valence-corrected chi connectivity index (χ0v) is 24.5. The highest BCUT2D eigenvalue weighted by Crippen LogP contribution is 2.46. The quantitative estimate of drug-likeness (QED) is 0.381. The Kier molecular flexibility index (Phi) is 7.24. The Balaban J connectivity index is 1.46. The number of hydrogen-bond acceptors (Lipinski definition) is 6. The third-order valence-corrected chi connectivity index (χ3v) is 8.81. The third-order valence-electron chi connectivity index (χ3n) is 8.81. The van der Waals surface area contributed by atoms with Crippen molar-refractivity contribution in [2.24, 2.45) is 10.9 Å². The molecule has 8 nitrogen and oxygen atoms in total. The number of aliphatic imine (C=N–C) groups is 1. The molecule has 6 rings (SSSR count). The van der Waals surface area contributed by atoms with Gasteiger partial charge in [-0.05, 0) is 93.9 Å². The van der Waals surface area contributed by atoms with Crippen LogP contribution in [-0.2, 0) is 4.74 Å². The maximum absolute atomic E-state index is 12.7. The van der Waals surface area contributed by atoms with E-state index in [2.05, 4.69) is 78.2 Å². The van der Waals surface area contributed by atoms with Crippen molar-refractivity contribution in [3.63, 3.8) is 0 Å². The van der Waals surface area contributed by atoms with Gasteiger partial charge in [0.1, 0.15) is 5.82 Å². The van der Waals surface area contributed by atoms with Gasteiger partial charge in [0.05, 0.1) is 18.3 Å². The minimum absolute atomic E-state index is 0.164. The Hall–Kier alpha value is -4.20. The number of benzene rings is 1. The molecule has 41 heavy (non-hydrogen) atoms. The first-order valence-corrected chi connectivity index (χ1v) is 14.6. The molecule has 3 aromatic rings. The van der Waals surface area contributed by atoms with Gasteiger partial charge in [-0.3, -0.25) is 10.1 Å². The van der Waals surface area contributed by atoms with E-state index in [1.54, 1.807) is 0 Å². The fraction of sp³-hybridized carbons (Fsp3) is 0.394. The summed E-state index contributed by atoms with van der Waals surface area (Å²) in [5.41, 5.74) is 9.01. The highest BCUT2D eigenvalue weighted by Gasteiger charge is 2.45. The number of fused-ring (bicyclic) bond motifs is 3. The van der Waals surface area contributed by atoms with E-state index in [1.807, 2.05) is 36.6 Å². The van der Waals surface area contributed by atoms with Gasteiger partial charge in [-0.25, -0.2) is 9.79 Å². The second kappa shape index (κ2) is 11.0. The molecule has 2 bridgehead atoms. The average Bonchev–Trinajstić information content (AvgIpc) is 3.56. The number of carbonyl (C=O) groups is 1. The first-order chi connectivity index (χ1) is 19.9. The van der Waals surface area contributed by atoms with E-state index < -0.39 is 0 Å². The van der Waals surface area contributed by atoms with Crippen molar-refractivity contribution in [1.29, 1.82) is 0 Å². The molecule has 2 saturated heterocycles. The molecule has 2 atom stereocenters. The smallest absolute Gasteiger partial charge is 0.410 e. The Morgan fingerprint density at radius 2 is 1.83 bits per heavy atom. The summed E-state index contributed by atoms with van der Waals surface area (Å²) in [7, 11) is 2.13. The summed E-state index contributed by atoms with van der Waals surface area (Å²) in [6.07, 6.45) is 13.5. The summed E-state index contributed by atoms with van der Waals surface area (Å²) in [6.45, 7) is 8.70. The monoisotopic (exact) mass is 550 g/mol. The normalized spacial score (nSPS) is 23.0. The Labute approximate surface area is 241 Å². The average molecular weight is 551 g/mol. The molecule has 3 aliphatic heterocycles. The number of piperidine rings is 1. The van der Waals surface area contributed by atoms with Crippen LogP contribution >= 0.6 is 0 Å². The van der Waals surface area contributed by atoms with Crippen molar-refractivity contribution >= 4 is 34.4 Å². The number of nitrogens with zero attached hydrogens (tertiary/aromatic N) is 5. The number of pyridine rings is 1. The Bertz CT molecular complexity index is 1580. The van der Waals surface area contributed by atoms with Gasteiger partial charge in [0.15, 0.2) is 0 Å². The fourth-order valence-corrected chi connectivity index (χ4v) is 7.02. The molecule has 1 N–H and O–H groups in total. The lowest BCUT2D eigenvalue weighted by Crippen LogP contribution is -2.48. The molecule has 8 heteroatoms. The second-order valence-corrected chi connectivity index (χ2v) is 11.5. The predicted molar refractivity (Wildman–Crippen MR) is 163 cm³/mol. The Morgan fingerprint density at radius 3 is 2.51 bits per heavy atom. The number of rotatable bonds is 5. The summed E-state index contributed by atoms with van der Waals surface area (Å²) in [6, 6.07) is 8.90. The first-order valence-electron chi connectivity index (χ1n) is 14.6. The molecule has 2 aromatic heterocycles. The van der Waals surface area contributed by atoms with Gasteiger partial charge in [0, 0.05) is 60.3 Å². The van der Waals surface area contributed by atoms with Gasteiger partial charge in [0.2, 0.25) is 0 Å². The third kappa shape index (κ3) is 4.75. The number of nitrogens with one attached hydrogen (secondary N) is 1. The zero-order valence-electron chi connectivity index (χ0n) is 24.5. The van der Waals surface area contributed by atoms with Gasteiger partial charge in [0.25, 0.3) is 0 Å². The highest BCUT2D eigenvalue weighted by molar-refractivity contribution is 6.12. The lowest BCUT2D eigenvalue weighted by molar-refractivity contribution is 0.0623. The minimum atomic E-state index is -0.164. The number of aryl methyl sites for hydroxylation is 1. The van der Waals surface area contributed by atoms with E-state index in [4.69, 9.17) is 9.73 Å². The number of ether oxygens (including phenoxy) is 1. The SMILES string of the molecule is CCOC(=O)N1C2CCC1CC(C1=CC=N/C(=C(/C(=C(C)C)c3ccncc3)c3ccc(C)c4[nH]ncc34)N1C)C2. The van der Waals surface area contributed by atoms with Crippen LogP contribution in [0.4, 0.5) is 4.79 Å². The van der Waals surface area contributed by atoms with Crippen molar-refractivity contribution in [3.8, 4) is 0 Å². The fourth-order valence-electron chi connectivity index (χ4n) is 7.02. The topological polar surface area (TPSA) is 86.7 Å². The maximum atomic E-state index is 12.7. The van der Waals surface area contributed by atoms with Gasteiger partial charge < -0.3 is 14.5 Å². The van der Waals surface area contributed by atoms with E-state index in [0.29, 0.717) is 12.5 Å². The van der Waals surface area contributed by atoms with Crippen molar-refractivity contribution in [2.75, 3.05) is 13.7 Å². The number of carbonyl (C=O) groups excluding carboxylic acids is 1. The second-order valence-electron chi connectivity index (χ2n) is 11.5. The van der Waals surface area contributed by atoms with Gasteiger partial charge in [-0.15, -0.1) is 0 Å². The Morgan fingerprint density at radius 1 is 1.10 bits per heavy atom. The molecule has 2 fully saturated rings. The van der Waals surface area contributed by atoms with Crippen LogP contribution in [0, 0.1) is 12.8 Å². The number of H-pyrrole nitrogens is 1. The van der Waals surface area contributed by atoms with E-state index in [0.717, 1.165) is 70.2 Å².